The van der Waals surface area contributed by atoms with E-state index in [1.54, 1.807) is 0 Å². The number of rotatable bonds is 8. The molecule has 0 radical (unpaired) electrons. The lowest BCUT2D eigenvalue weighted by molar-refractivity contribution is 0.284. The maximum Gasteiger partial charge on any atom is 0.000517 e. The minimum atomic E-state index is 0.606. The molecule has 0 spiro atoms. The van der Waals surface area contributed by atoms with Gasteiger partial charge in [-0.25, -0.2) is 0 Å². The molecule has 0 unspecified atom stereocenters. The number of hydrogen-bond acceptors (Lipinski definition) is 2. The van der Waals surface area contributed by atoms with Crippen LogP contribution in [0.25, 0.3) is 0 Å². The molecule has 0 amide bonds. The van der Waals surface area contributed by atoms with Gasteiger partial charge in [0.2, 0.25) is 0 Å². The molecule has 1 saturated carbocycles. The monoisotopic (exact) mass is 226 g/mol. The predicted molar refractivity (Wildman–Crippen MR) is 71.8 cm³/mol. The molecule has 0 saturated heterocycles. The largest absolute Gasteiger partial charge is 0.316 e. The van der Waals surface area contributed by atoms with Gasteiger partial charge < -0.3 is 10.2 Å². The Morgan fingerprint density at radius 2 is 1.75 bits per heavy atom. The van der Waals surface area contributed by atoms with Crippen LogP contribution in [0.5, 0.6) is 0 Å². The second-order valence-electron chi connectivity index (χ2n) is 5.57. The van der Waals surface area contributed by atoms with Gasteiger partial charge in [-0.1, -0.05) is 33.6 Å². The summed E-state index contributed by atoms with van der Waals surface area (Å²) in [5.74, 6) is 0. The number of nitrogens with one attached hydrogen (secondary N) is 1. The van der Waals surface area contributed by atoms with Crippen molar-refractivity contribution in [2.45, 2.75) is 52.9 Å². The molecule has 2 nitrogen and oxygen atoms in total. The normalized spacial score (nSPS) is 19.5. The van der Waals surface area contributed by atoms with Gasteiger partial charge in [0.15, 0.2) is 0 Å². The van der Waals surface area contributed by atoms with Gasteiger partial charge >= 0.3 is 0 Å². The summed E-state index contributed by atoms with van der Waals surface area (Å²) in [6.45, 7) is 13.0. The first kappa shape index (κ1) is 14.0. The van der Waals surface area contributed by atoms with Gasteiger partial charge in [-0.05, 0) is 50.9 Å². The number of nitrogens with zero attached hydrogens (tertiary/aromatic N) is 1. The topological polar surface area (TPSA) is 15.3 Å². The van der Waals surface area contributed by atoms with Crippen molar-refractivity contribution >= 4 is 0 Å². The lowest BCUT2D eigenvalue weighted by Gasteiger charge is -2.24. The Hall–Kier alpha value is -0.0800. The molecule has 0 aliphatic heterocycles. The van der Waals surface area contributed by atoms with E-state index >= 15 is 0 Å². The highest BCUT2D eigenvalue weighted by molar-refractivity contribution is 4.82. The van der Waals surface area contributed by atoms with Crippen LogP contribution in [-0.2, 0) is 0 Å². The fourth-order valence-corrected chi connectivity index (χ4v) is 2.76. The van der Waals surface area contributed by atoms with E-state index in [1.165, 1.54) is 64.8 Å². The summed E-state index contributed by atoms with van der Waals surface area (Å²) in [7, 11) is 0. The zero-order chi connectivity index (χ0) is 11.9. The van der Waals surface area contributed by atoms with Gasteiger partial charge in [-0.2, -0.15) is 0 Å². The summed E-state index contributed by atoms with van der Waals surface area (Å²) < 4.78 is 0. The van der Waals surface area contributed by atoms with Gasteiger partial charge in [0.25, 0.3) is 0 Å². The van der Waals surface area contributed by atoms with Crippen molar-refractivity contribution in [3.8, 4) is 0 Å². The predicted octanol–water partition coefficient (Wildman–Crippen LogP) is 2.89. The molecule has 1 N–H and O–H groups in total. The summed E-state index contributed by atoms with van der Waals surface area (Å²) in [5.41, 5.74) is 0.606. The standard InChI is InChI=1S/C14H30N2/c1-4-16(5-2)12-8-11-15-13-14(3)9-6-7-10-14/h15H,4-13H2,1-3H3. The van der Waals surface area contributed by atoms with Crippen molar-refractivity contribution in [1.29, 1.82) is 0 Å². The van der Waals surface area contributed by atoms with Gasteiger partial charge in [0.1, 0.15) is 0 Å². The lowest BCUT2D eigenvalue weighted by atomic mass is 9.89. The third-order valence-electron chi connectivity index (χ3n) is 4.08. The smallest absolute Gasteiger partial charge is 0.000517 e. The SMILES string of the molecule is CCN(CC)CCCNCC1(C)CCCC1. The molecule has 0 atom stereocenters. The van der Waals surface area contributed by atoms with Crippen molar-refractivity contribution in [1.82, 2.24) is 10.2 Å². The maximum atomic E-state index is 3.64. The average Bonchev–Trinajstić information content (AvgIpc) is 2.71. The highest BCUT2D eigenvalue weighted by atomic mass is 15.1. The molecule has 1 fully saturated rings. The van der Waals surface area contributed by atoms with E-state index in [1.807, 2.05) is 0 Å². The van der Waals surface area contributed by atoms with Crippen LogP contribution in [-0.4, -0.2) is 37.6 Å². The van der Waals surface area contributed by atoms with Crippen LogP contribution in [0.2, 0.25) is 0 Å². The summed E-state index contributed by atoms with van der Waals surface area (Å²) in [6.07, 6.45) is 7.03. The molecule has 1 aliphatic carbocycles. The Kier molecular flexibility index (Phi) is 6.37. The summed E-state index contributed by atoms with van der Waals surface area (Å²) in [4.78, 5) is 2.50. The Morgan fingerprint density at radius 3 is 2.31 bits per heavy atom. The van der Waals surface area contributed by atoms with Crippen LogP contribution in [0.4, 0.5) is 0 Å². The first-order valence-electron chi connectivity index (χ1n) is 7.13. The highest BCUT2D eigenvalue weighted by Gasteiger charge is 2.27. The summed E-state index contributed by atoms with van der Waals surface area (Å²) in [5, 5.41) is 3.64. The molecular weight excluding hydrogens is 196 g/mol. The quantitative estimate of drug-likeness (QED) is 0.640. The molecule has 16 heavy (non-hydrogen) atoms. The van der Waals surface area contributed by atoms with Crippen molar-refractivity contribution in [2.24, 2.45) is 5.41 Å². The van der Waals surface area contributed by atoms with Crippen LogP contribution in [0, 0.1) is 5.41 Å². The van der Waals surface area contributed by atoms with Crippen molar-refractivity contribution < 1.29 is 0 Å². The third kappa shape index (κ3) is 4.84. The van der Waals surface area contributed by atoms with Crippen LogP contribution in [0.15, 0.2) is 0 Å². The van der Waals surface area contributed by atoms with Crippen LogP contribution in [0.1, 0.15) is 52.9 Å². The zero-order valence-corrected chi connectivity index (χ0v) is 11.5. The van der Waals surface area contributed by atoms with Crippen molar-refractivity contribution in [2.75, 3.05) is 32.7 Å². The first-order chi connectivity index (χ1) is 7.70. The summed E-state index contributed by atoms with van der Waals surface area (Å²) >= 11 is 0. The van der Waals surface area contributed by atoms with Crippen molar-refractivity contribution in [3.63, 3.8) is 0 Å². The molecule has 1 rings (SSSR count). The van der Waals surface area contributed by atoms with E-state index in [0.29, 0.717) is 5.41 Å². The molecule has 0 aromatic carbocycles. The van der Waals surface area contributed by atoms with Crippen LogP contribution < -0.4 is 5.32 Å². The molecule has 0 heterocycles. The second kappa shape index (κ2) is 7.29. The molecule has 0 bridgehead atoms. The van der Waals surface area contributed by atoms with Gasteiger partial charge in [0.05, 0.1) is 0 Å². The van der Waals surface area contributed by atoms with Crippen LogP contribution >= 0.6 is 0 Å². The molecule has 0 aromatic heterocycles. The minimum Gasteiger partial charge on any atom is -0.316 e. The molecule has 96 valence electrons. The van der Waals surface area contributed by atoms with E-state index in [-0.39, 0.29) is 0 Å². The average molecular weight is 226 g/mol. The molecular formula is C14H30N2. The Balaban J connectivity index is 1.99. The van der Waals surface area contributed by atoms with E-state index < -0.39 is 0 Å². The fraction of sp³-hybridized carbons (Fsp3) is 1.00. The van der Waals surface area contributed by atoms with Gasteiger partial charge in [-0.3, -0.25) is 0 Å². The van der Waals surface area contributed by atoms with E-state index in [4.69, 9.17) is 0 Å². The van der Waals surface area contributed by atoms with Gasteiger partial charge in [-0.15, -0.1) is 0 Å². The highest BCUT2D eigenvalue weighted by Crippen LogP contribution is 2.36. The Labute approximate surface area is 102 Å². The zero-order valence-electron chi connectivity index (χ0n) is 11.5. The number of hydrogen-bond donors (Lipinski definition) is 1. The van der Waals surface area contributed by atoms with E-state index in [9.17, 15) is 0 Å². The molecule has 1 aliphatic rings. The Bertz CT molecular complexity index is 170. The summed E-state index contributed by atoms with van der Waals surface area (Å²) in [6, 6.07) is 0. The Morgan fingerprint density at radius 1 is 1.12 bits per heavy atom. The van der Waals surface area contributed by atoms with Crippen molar-refractivity contribution in [3.05, 3.63) is 0 Å². The van der Waals surface area contributed by atoms with E-state index in [0.717, 1.165) is 0 Å². The van der Waals surface area contributed by atoms with E-state index in [2.05, 4.69) is 31.0 Å². The minimum absolute atomic E-state index is 0.606. The third-order valence-corrected chi connectivity index (χ3v) is 4.08. The van der Waals surface area contributed by atoms with Gasteiger partial charge in [0, 0.05) is 6.54 Å². The van der Waals surface area contributed by atoms with Crippen LogP contribution in [0.3, 0.4) is 0 Å². The molecule has 2 heteroatoms. The first-order valence-corrected chi connectivity index (χ1v) is 7.13. The fourth-order valence-electron chi connectivity index (χ4n) is 2.76. The second-order valence-corrected chi connectivity index (χ2v) is 5.57. The lowest BCUT2D eigenvalue weighted by Crippen LogP contribution is -2.32. The maximum absolute atomic E-state index is 3.64. The molecule has 0 aromatic rings.